The third kappa shape index (κ3) is 62.2. The number of hydrogen-bond acceptors (Lipinski definition) is 7. The highest BCUT2D eigenvalue weighted by atomic mass is 31.2. The Morgan fingerprint density at radius 3 is 0.904 bits per heavy atom. The van der Waals surface area contributed by atoms with Crippen LogP contribution in [0.2, 0.25) is 0 Å². The average Bonchev–Trinajstić information content (AvgIpc) is 3.35. The molecule has 0 spiro atoms. The van der Waals surface area contributed by atoms with Gasteiger partial charge in [-0.1, -0.05) is 328 Å². The lowest BCUT2D eigenvalue weighted by Gasteiger charge is -2.28. The number of nitrogens with zero attached hydrogens (tertiary/aromatic N) is 1. The molecule has 8 nitrogen and oxygen atoms in total. The molecule has 0 aliphatic carbocycles. The predicted molar refractivity (Wildman–Crippen MR) is 315 cm³/mol. The maximum Gasteiger partial charge on any atom is 0.306 e. The highest BCUT2D eigenvalue weighted by Gasteiger charge is 2.20. The van der Waals surface area contributed by atoms with Gasteiger partial charge in [0.05, 0.1) is 34.4 Å². The first-order chi connectivity index (χ1) is 35.6. The zero-order chi connectivity index (χ0) is 53.3. The molecule has 438 valence electrons. The second-order valence-corrected chi connectivity index (χ2v) is 25.3. The fourth-order valence-corrected chi connectivity index (χ4v) is 10.9. The monoisotopic (exact) mass is 1060 g/mol. The highest BCUT2D eigenvalue weighted by molar-refractivity contribution is 7.45. The molecule has 2 atom stereocenters. The Balaban J connectivity index is 3.82. The van der Waals surface area contributed by atoms with E-state index in [1.54, 1.807) is 0 Å². The van der Waals surface area contributed by atoms with Crippen molar-refractivity contribution < 1.29 is 37.3 Å². The van der Waals surface area contributed by atoms with Crippen LogP contribution in [0.25, 0.3) is 0 Å². The summed E-state index contributed by atoms with van der Waals surface area (Å²) < 4.78 is 34.9. The second-order valence-electron chi connectivity index (χ2n) is 23.9. The normalized spacial score (nSPS) is 13.2. The molecule has 1 unspecified atom stereocenters. The quantitative estimate of drug-likeness (QED) is 0.0259. The molecule has 0 aromatic rings. The minimum Gasteiger partial charge on any atom is -0.756 e. The van der Waals surface area contributed by atoms with Gasteiger partial charge in [-0.25, -0.2) is 0 Å². The maximum absolute atomic E-state index is 12.8. The lowest BCUT2D eigenvalue weighted by molar-refractivity contribution is -0.870. The van der Waals surface area contributed by atoms with Crippen molar-refractivity contribution >= 4 is 13.8 Å². The average molecular weight is 1060 g/mol. The molecular weight excluding hydrogens is 926 g/mol. The summed E-state index contributed by atoms with van der Waals surface area (Å²) >= 11 is 0. The topological polar surface area (TPSA) is 94.1 Å². The molecule has 0 amide bonds. The van der Waals surface area contributed by atoms with Crippen LogP contribution >= 0.6 is 7.82 Å². The lowest BCUT2D eigenvalue weighted by atomic mass is 10.0. The summed E-state index contributed by atoms with van der Waals surface area (Å²) in [6, 6.07) is 0. The van der Waals surface area contributed by atoms with Gasteiger partial charge in [0.2, 0.25) is 0 Å². The third-order valence-electron chi connectivity index (χ3n) is 15.2. The summed E-state index contributed by atoms with van der Waals surface area (Å²) in [6.07, 6.45) is 69.0. The van der Waals surface area contributed by atoms with Crippen molar-refractivity contribution in [2.24, 2.45) is 0 Å². The fraction of sp³-hybridized carbons (Fsp3) is 0.984. The van der Waals surface area contributed by atoms with Crippen LogP contribution in [0.4, 0.5) is 0 Å². The number of likely N-dealkylation sites (N-methyl/N-ethyl adjacent to an activating group) is 1. The number of phosphoric ester groups is 1. The van der Waals surface area contributed by atoms with Gasteiger partial charge in [0.15, 0.2) is 0 Å². The van der Waals surface area contributed by atoms with E-state index < -0.39 is 13.9 Å². The summed E-state index contributed by atoms with van der Waals surface area (Å²) in [7, 11) is 1.38. The first-order valence-electron chi connectivity index (χ1n) is 32.8. The first-order valence-corrected chi connectivity index (χ1v) is 34.2. The summed E-state index contributed by atoms with van der Waals surface area (Å²) in [5.41, 5.74) is 0. The summed E-state index contributed by atoms with van der Waals surface area (Å²) in [5.74, 6) is -0.322. The van der Waals surface area contributed by atoms with Crippen LogP contribution in [0.3, 0.4) is 0 Å². The molecule has 0 aromatic carbocycles. The Morgan fingerprint density at radius 2 is 0.630 bits per heavy atom. The summed E-state index contributed by atoms with van der Waals surface area (Å²) in [5, 5.41) is 0. The van der Waals surface area contributed by atoms with Crippen molar-refractivity contribution in [3.8, 4) is 0 Å². The Hall–Kier alpha value is -0.500. The van der Waals surface area contributed by atoms with E-state index in [9.17, 15) is 14.3 Å². The Morgan fingerprint density at radius 1 is 0.370 bits per heavy atom. The van der Waals surface area contributed by atoms with E-state index in [0.29, 0.717) is 24.1 Å². The number of hydrogen-bond donors (Lipinski definition) is 0. The molecule has 0 fully saturated rings. The molecule has 0 saturated carbocycles. The number of unbranched alkanes of at least 4 members (excludes halogenated alkanes) is 49. The van der Waals surface area contributed by atoms with Crippen LogP contribution in [-0.4, -0.2) is 70.7 Å². The molecule has 0 heterocycles. The van der Waals surface area contributed by atoms with E-state index in [-0.39, 0.29) is 25.8 Å². The molecule has 0 saturated heterocycles. The van der Waals surface area contributed by atoms with E-state index in [2.05, 4.69) is 13.8 Å². The number of quaternary nitrogens is 1. The first kappa shape index (κ1) is 72.5. The molecule has 0 bridgehead atoms. The molecular formula is C64H130NO7P. The van der Waals surface area contributed by atoms with Crippen molar-refractivity contribution in [3.63, 3.8) is 0 Å². The third-order valence-corrected chi connectivity index (χ3v) is 16.1. The SMILES string of the molecule is CCCCCCCCCCCCCCCCCCCCCCCCCCCCCCCCCCCCCC(=O)O[C@H](COCCCCCCCCCCCCCCCCCC)COP(=O)([O-])OCC[N+](C)(C)C. The lowest BCUT2D eigenvalue weighted by Crippen LogP contribution is -2.37. The van der Waals surface area contributed by atoms with Gasteiger partial charge in [0.25, 0.3) is 7.82 Å². The molecule has 0 N–H and O–H groups in total. The van der Waals surface area contributed by atoms with E-state index in [1.807, 2.05) is 21.1 Å². The number of esters is 1. The van der Waals surface area contributed by atoms with Crippen molar-refractivity contribution in [2.75, 3.05) is 54.1 Å². The van der Waals surface area contributed by atoms with Gasteiger partial charge in [-0.2, -0.15) is 0 Å². The van der Waals surface area contributed by atoms with Crippen LogP contribution < -0.4 is 4.89 Å². The van der Waals surface area contributed by atoms with Gasteiger partial charge in [0.1, 0.15) is 19.3 Å². The maximum atomic E-state index is 12.8. The highest BCUT2D eigenvalue weighted by Crippen LogP contribution is 2.38. The van der Waals surface area contributed by atoms with Gasteiger partial charge in [-0.15, -0.1) is 0 Å². The van der Waals surface area contributed by atoms with Gasteiger partial charge < -0.3 is 27.9 Å². The zero-order valence-corrected chi connectivity index (χ0v) is 51.0. The number of carbonyl (C=O) groups excluding carboxylic acids is 1. The van der Waals surface area contributed by atoms with E-state index in [1.165, 1.54) is 295 Å². The van der Waals surface area contributed by atoms with E-state index >= 15 is 0 Å². The zero-order valence-electron chi connectivity index (χ0n) is 50.1. The Bertz CT molecular complexity index is 1130. The minimum absolute atomic E-state index is 0.0320. The van der Waals surface area contributed by atoms with Crippen LogP contribution in [0.1, 0.15) is 348 Å². The number of ether oxygens (including phenoxy) is 2. The van der Waals surface area contributed by atoms with Crippen LogP contribution in [-0.2, 0) is 27.9 Å². The Labute approximate surface area is 457 Å². The van der Waals surface area contributed by atoms with Crippen LogP contribution in [0.15, 0.2) is 0 Å². The molecule has 0 aliphatic rings. The van der Waals surface area contributed by atoms with Crippen LogP contribution in [0, 0.1) is 0 Å². The van der Waals surface area contributed by atoms with Crippen LogP contribution in [0.5, 0.6) is 0 Å². The Kier molecular flexibility index (Phi) is 57.3. The fourth-order valence-electron chi connectivity index (χ4n) is 10.1. The molecule has 0 aromatic heterocycles. The molecule has 0 rings (SSSR count). The smallest absolute Gasteiger partial charge is 0.306 e. The summed E-state index contributed by atoms with van der Waals surface area (Å²) in [6.45, 7) is 5.51. The van der Waals surface area contributed by atoms with Gasteiger partial charge in [0, 0.05) is 13.0 Å². The number of carbonyl (C=O) groups is 1. The van der Waals surface area contributed by atoms with Gasteiger partial charge in [-0.05, 0) is 12.8 Å². The molecule has 73 heavy (non-hydrogen) atoms. The van der Waals surface area contributed by atoms with Gasteiger partial charge >= 0.3 is 5.97 Å². The number of phosphoric acid groups is 1. The largest absolute Gasteiger partial charge is 0.756 e. The van der Waals surface area contributed by atoms with Crippen molar-refractivity contribution in [2.45, 2.75) is 354 Å². The number of rotatable bonds is 63. The summed E-state index contributed by atoms with van der Waals surface area (Å²) in [4.78, 5) is 25.3. The predicted octanol–water partition coefficient (Wildman–Crippen LogP) is 20.4. The van der Waals surface area contributed by atoms with Crippen molar-refractivity contribution in [3.05, 3.63) is 0 Å². The van der Waals surface area contributed by atoms with Crippen molar-refractivity contribution in [1.82, 2.24) is 0 Å². The second kappa shape index (κ2) is 57.7. The van der Waals surface area contributed by atoms with E-state index in [4.69, 9.17) is 18.5 Å². The molecule has 0 aliphatic heterocycles. The van der Waals surface area contributed by atoms with E-state index in [0.717, 1.165) is 32.1 Å². The standard InChI is InChI=1S/C64H130NO7P/c1-6-8-10-12-14-16-18-20-22-24-25-26-27-28-29-30-31-32-33-34-35-36-37-38-39-40-41-42-43-45-47-49-51-53-55-57-64(66)72-63(62-71-73(67,68)70-60-58-65(3,4)5)61-69-59-56-54-52-50-48-46-44-23-21-19-17-15-13-11-9-7-2/h63H,6-62H2,1-5H3/t63-/m1/s1. The molecule has 0 radical (unpaired) electrons. The minimum atomic E-state index is -4.53. The van der Waals surface area contributed by atoms with Gasteiger partial charge in [-0.3, -0.25) is 9.36 Å². The molecule has 9 heteroatoms. The van der Waals surface area contributed by atoms with Crippen molar-refractivity contribution in [1.29, 1.82) is 0 Å².